The van der Waals surface area contributed by atoms with E-state index in [0.29, 0.717) is 0 Å². The number of hydrogen-bond acceptors (Lipinski definition) is 3. The van der Waals surface area contributed by atoms with E-state index in [1.165, 1.54) is 0 Å². The quantitative estimate of drug-likeness (QED) is 0.285. The zero-order chi connectivity index (χ0) is 6.85. The average molecular weight is 149 g/mol. The van der Waals surface area contributed by atoms with Gasteiger partial charge < -0.3 is 4.74 Å². The molecule has 1 rings (SSSR count). The molecule has 0 aromatic rings. The van der Waals surface area contributed by atoms with Gasteiger partial charge in [-0.15, -0.1) is 11.6 Å². The molecule has 0 atom stereocenters. The van der Waals surface area contributed by atoms with Crippen LogP contribution in [-0.2, 0) is 14.3 Å². The van der Waals surface area contributed by atoms with Gasteiger partial charge >= 0.3 is 11.9 Å². The van der Waals surface area contributed by atoms with Gasteiger partial charge in [0.15, 0.2) is 0 Å². The minimum absolute atomic E-state index is 0.146. The molecule has 0 unspecified atom stereocenters. The first-order valence-electron chi connectivity index (χ1n) is 2.56. The lowest BCUT2D eigenvalue weighted by Crippen LogP contribution is -2.25. The van der Waals surface area contributed by atoms with Crippen LogP contribution in [0.1, 0.15) is 12.8 Å². The van der Waals surface area contributed by atoms with Gasteiger partial charge in [-0.05, 0) is 0 Å². The van der Waals surface area contributed by atoms with E-state index in [0.717, 1.165) is 0 Å². The van der Waals surface area contributed by atoms with Crippen LogP contribution in [0.15, 0.2) is 0 Å². The molecule has 3 nitrogen and oxygen atoms in total. The molecule has 0 bridgehead atoms. The van der Waals surface area contributed by atoms with Gasteiger partial charge in [0, 0.05) is 0 Å². The minimum Gasteiger partial charge on any atom is -0.393 e. The molecule has 0 radical (unpaired) electrons. The molecule has 9 heavy (non-hydrogen) atoms. The largest absolute Gasteiger partial charge is 0.393 e. The summed E-state index contributed by atoms with van der Waals surface area (Å²) in [4.78, 5) is 20.7. The Labute approximate surface area is 56.9 Å². The molecule has 0 aliphatic carbocycles. The number of hydrogen-bond donors (Lipinski definition) is 0. The summed E-state index contributed by atoms with van der Waals surface area (Å²) in [6.45, 7) is 0. The van der Waals surface area contributed by atoms with Gasteiger partial charge in [0.05, 0.1) is 18.2 Å². The van der Waals surface area contributed by atoms with Crippen LogP contribution in [0.3, 0.4) is 0 Å². The molecule has 1 aliphatic heterocycles. The summed E-state index contributed by atoms with van der Waals surface area (Å²) in [6, 6.07) is 0. The summed E-state index contributed by atoms with van der Waals surface area (Å²) in [5.41, 5.74) is 0. The van der Waals surface area contributed by atoms with Crippen molar-refractivity contribution >= 4 is 23.5 Å². The average Bonchev–Trinajstić information content (AvgIpc) is 1.59. The fourth-order valence-electron chi connectivity index (χ4n) is 0.644. The van der Waals surface area contributed by atoms with E-state index in [1.54, 1.807) is 0 Å². The van der Waals surface area contributed by atoms with Gasteiger partial charge in [0.1, 0.15) is 0 Å². The van der Waals surface area contributed by atoms with Crippen molar-refractivity contribution < 1.29 is 14.3 Å². The minimum atomic E-state index is -0.522. The number of carbonyl (C=O) groups excluding carboxylic acids is 2. The number of cyclic esters (lactones) is 2. The molecule has 0 N–H and O–H groups in total. The van der Waals surface area contributed by atoms with E-state index in [-0.39, 0.29) is 18.2 Å². The van der Waals surface area contributed by atoms with Crippen molar-refractivity contribution in [3.8, 4) is 0 Å². The van der Waals surface area contributed by atoms with E-state index >= 15 is 0 Å². The molecule has 1 saturated heterocycles. The molecule has 4 heteroatoms. The molecule has 50 valence electrons. The first-order chi connectivity index (χ1) is 4.18. The van der Waals surface area contributed by atoms with Crippen molar-refractivity contribution in [2.24, 2.45) is 0 Å². The number of alkyl halides is 1. The molecular formula is C5H5ClO3. The van der Waals surface area contributed by atoms with Gasteiger partial charge in [0.2, 0.25) is 0 Å². The summed E-state index contributed by atoms with van der Waals surface area (Å²) >= 11 is 5.48. The number of ether oxygens (including phenoxy) is 1. The van der Waals surface area contributed by atoms with Crippen molar-refractivity contribution in [3.63, 3.8) is 0 Å². The zero-order valence-electron chi connectivity index (χ0n) is 4.59. The highest BCUT2D eigenvalue weighted by Gasteiger charge is 2.24. The molecule has 1 heterocycles. The Morgan fingerprint density at radius 2 is 1.78 bits per heavy atom. The number of rotatable bonds is 0. The number of esters is 2. The predicted molar refractivity (Wildman–Crippen MR) is 30.0 cm³/mol. The highest BCUT2D eigenvalue weighted by Crippen LogP contribution is 2.14. The third-order valence-corrected chi connectivity index (χ3v) is 1.31. The molecule has 1 fully saturated rings. The van der Waals surface area contributed by atoms with Crippen LogP contribution in [0.4, 0.5) is 0 Å². The fourth-order valence-corrected chi connectivity index (χ4v) is 0.896. The van der Waals surface area contributed by atoms with Crippen LogP contribution < -0.4 is 0 Å². The summed E-state index contributed by atoms with van der Waals surface area (Å²) in [7, 11) is 0. The summed E-state index contributed by atoms with van der Waals surface area (Å²) in [6.07, 6.45) is 0.292. The Hall–Kier alpha value is -0.570. The Morgan fingerprint density at radius 1 is 1.33 bits per heavy atom. The van der Waals surface area contributed by atoms with Gasteiger partial charge in [-0.2, -0.15) is 0 Å². The van der Waals surface area contributed by atoms with E-state index < -0.39 is 11.9 Å². The Balaban J connectivity index is 2.53. The monoisotopic (exact) mass is 148 g/mol. The van der Waals surface area contributed by atoms with E-state index in [4.69, 9.17) is 11.6 Å². The maximum absolute atomic E-state index is 10.4. The highest BCUT2D eigenvalue weighted by molar-refractivity contribution is 6.23. The molecule has 0 aromatic heterocycles. The lowest BCUT2D eigenvalue weighted by molar-refractivity contribution is -0.162. The maximum Gasteiger partial charge on any atom is 0.314 e. The van der Waals surface area contributed by atoms with Crippen LogP contribution in [0.5, 0.6) is 0 Å². The number of carbonyl (C=O) groups is 2. The van der Waals surface area contributed by atoms with Crippen molar-refractivity contribution in [2.75, 3.05) is 0 Å². The zero-order valence-corrected chi connectivity index (χ0v) is 5.35. The maximum atomic E-state index is 10.4. The van der Waals surface area contributed by atoms with Crippen LogP contribution in [0.2, 0.25) is 0 Å². The normalized spacial score (nSPS) is 21.9. The smallest absolute Gasteiger partial charge is 0.314 e. The first-order valence-corrected chi connectivity index (χ1v) is 2.99. The van der Waals surface area contributed by atoms with Gasteiger partial charge in [-0.3, -0.25) is 9.59 Å². The molecular weight excluding hydrogens is 144 g/mol. The van der Waals surface area contributed by atoms with Gasteiger partial charge in [0.25, 0.3) is 0 Å². The van der Waals surface area contributed by atoms with Crippen LogP contribution >= 0.6 is 11.6 Å². The van der Waals surface area contributed by atoms with Crippen LogP contribution in [0, 0.1) is 0 Å². The standard InChI is InChI=1S/C5H5ClO3/c6-3-1-4(7)9-5(8)2-3/h3H,1-2H2. The summed E-state index contributed by atoms with van der Waals surface area (Å²) in [5, 5.41) is -0.362. The SMILES string of the molecule is O=C1CC(Cl)CC(=O)O1. The number of halogens is 1. The topological polar surface area (TPSA) is 43.4 Å². The van der Waals surface area contributed by atoms with E-state index in [9.17, 15) is 9.59 Å². The highest BCUT2D eigenvalue weighted by atomic mass is 35.5. The third-order valence-electron chi connectivity index (χ3n) is 1.00. The Morgan fingerprint density at radius 3 is 2.11 bits per heavy atom. The predicted octanol–water partition coefficient (Wildman–Crippen LogP) is 0.457. The summed E-state index contributed by atoms with van der Waals surface area (Å²) < 4.78 is 4.19. The second-order valence-corrected chi connectivity index (χ2v) is 2.47. The second kappa shape index (κ2) is 2.35. The van der Waals surface area contributed by atoms with Crippen molar-refractivity contribution in [2.45, 2.75) is 18.2 Å². The van der Waals surface area contributed by atoms with E-state index in [1.807, 2.05) is 0 Å². The molecule has 0 saturated carbocycles. The van der Waals surface area contributed by atoms with Crippen LogP contribution in [-0.4, -0.2) is 17.3 Å². The van der Waals surface area contributed by atoms with Crippen LogP contribution in [0.25, 0.3) is 0 Å². The lowest BCUT2D eigenvalue weighted by Gasteiger charge is -2.12. The van der Waals surface area contributed by atoms with Gasteiger partial charge in [-0.1, -0.05) is 0 Å². The molecule has 0 spiro atoms. The molecule has 1 aliphatic rings. The third kappa shape index (κ3) is 1.68. The van der Waals surface area contributed by atoms with E-state index in [2.05, 4.69) is 4.74 Å². The summed E-state index contributed by atoms with van der Waals surface area (Å²) in [5.74, 6) is -1.04. The Kier molecular flexibility index (Phi) is 1.71. The first kappa shape index (κ1) is 6.55. The van der Waals surface area contributed by atoms with Gasteiger partial charge in [-0.25, -0.2) is 0 Å². The van der Waals surface area contributed by atoms with Crippen molar-refractivity contribution in [1.82, 2.24) is 0 Å². The molecule has 0 aromatic carbocycles. The van der Waals surface area contributed by atoms with Crippen molar-refractivity contribution in [1.29, 1.82) is 0 Å². The lowest BCUT2D eigenvalue weighted by atomic mass is 10.2. The van der Waals surface area contributed by atoms with Crippen molar-refractivity contribution in [3.05, 3.63) is 0 Å². The fraction of sp³-hybridized carbons (Fsp3) is 0.600. The Bertz CT molecular complexity index is 138. The molecule has 0 amide bonds. The second-order valence-electron chi connectivity index (χ2n) is 1.85.